The quantitative estimate of drug-likeness (QED) is 0.501. The second-order valence-electron chi connectivity index (χ2n) is 5.01. The van der Waals surface area contributed by atoms with Crippen LogP contribution in [0.15, 0.2) is 34.6 Å². The zero-order valence-corrected chi connectivity index (χ0v) is 13.9. The molecule has 126 valence electrons. The molecule has 4 aromatic heterocycles. The van der Waals surface area contributed by atoms with E-state index in [1.54, 1.807) is 0 Å². The van der Waals surface area contributed by atoms with E-state index in [9.17, 15) is 4.79 Å². The van der Waals surface area contributed by atoms with Gasteiger partial charge in [0.2, 0.25) is 5.82 Å². The van der Waals surface area contributed by atoms with Crippen LogP contribution in [0.4, 0.5) is 0 Å². The first-order chi connectivity index (χ1) is 12.3. The number of aromatic nitrogens is 6. The van der Waals surface area contributed by atoms with Gasteiger partial charge < -0.3 is 9.26 Å². The smallest absolute Gasteiger partial charge is 0.342 e. The van der Waals surface area contributed by atoms with Gasteiger partial charge in [0.1, 0.15) is 6.33 Å². The van der Waals surface area contributed by atoms with Gasteiger partial charge in [-0.2, -0.15) is 15.1 Å². The molecular weight excluding hydrogens is 344 g/mol. The Hall–Kier alpha value is -3.14. The second kappa shape index (κ2) is 6.40. The Bertz CT molecular complexity index is 1020. The van der Waals surface area contributed by atoms with Crippen LogP contribution in [0.25, 0.3) is 16.5 Å². The third kappa shape index (κ3) is 2.87. The van der Waals surface area contributed by atoms with Crippen molar-refractivity contribution < 1.29 is 14.1 Å². The monoisotopic (exact) mass is 356 g/mol. The van der Waals surface area contributed by atoms with Crippen molar-refractivity contribution in [2.24, 2.45) is 0 Å². The fourth-order valence-electron chi connectivity index (χ4n) is 2.36. The molecule has 0 bridgehead atoms. The summed E-state index contributed by atoms with van der Waals surface area (Å²) >= 11 is 1.50. The number of carbonyl (C=O) groups excluding carboxylic acids is 1. The molecule has 10 heteroatoms. The molecule has 0 saturated heterocycles. The summed E-state index contributed by atoms with van der Waals surface area (Å²) in [5.41, 5.74) is 1.01. The van der Waals surface area contributed by atoms with Crippen molar-refractivity contribution in [1.82, 2.24) is 29.7 Å². The van der Waals surface area contributed by atoms with Crippen LogP contribution in [0, 0.1) is 0 Å². The maximum atomic E-state index is 12.4. The molecule has 0 aromatic carbocycles. The van der Waals surface area contributed by atoms with Gasteiger partial charge in [0.15, 0.2) is 6.61 Å². The minimum absolute atomic E-state index is 0.115. The van der Waals surface area contributed by atoms with Crippen molar-refractivity contribution in [2.75, 3.05) is 0 Å². The summed E-state index contributed by atoms with van der Waals surface area (Å²) in [6.45, 7) is 1.80. The highest BCUT2D eigenvalue weighted by atomic mass is 32.1. The van der Waals surface area contributed by atoms with E-state index in [0.29, 0.717) is 29.3 Å². The van der Waals surface area contributed by atoms with Gasteiger partial charge >= 0.3 is 5.97 Å². The van der Waals surface area contributed by atoms with Gasteiger partial charge in [-0.05, 0) is 17.9 Å². The SMILES string of the molecule is CCc1c(C(=O)OCc2nc(-c3cccs3)no2)cnc2ncnn12. The second-order valence-corrected chi connectivity index (χ2v) is 5.96. The molecule has 9 nitrogen and oxygen atoms in total. The van der Waals surface area contributed by atoms with E-state index in [1.165, 1.54) is 28.4 Å². The standard InChI is InChI=1S/C15H12N6O3S/c1-2-10-9(6-16-15-17-8-18-21(10)15)14(22)23-7-12-19-13(20-24-12)11-4-3-5-25-11/h3-6,8H,2,7H2,1H3. The molecule has 0 aliphatic carbocycles. The lowest BCUT2D eigenvalue weighted by Gasteiger charge is -2.07. The third-order valence-electron chi connectivity index (χ3n) is 3.50. The van der Waals surface area contributed by atoms with Gasteiger partial charge in [0.25, 0.3) is 11.7 Å². The van der Waals surface area contributed by atoms with Crippen molar-refractivity contribution in [3.63, 3.8) is 0 Å². The number of rotatable bonds is 5. The number of thiophene rings is 1. The maximum absolute atomic E-state index is 12.4. The lowest BCUT2D eigenvalue weighted by Crippen LogP contribution is -2.13. The van der Waals surface area contributed by atoms with Crippen molar-refractivity contribution in [3.05, 3.63) is 47.2 Å². The first-order valence-corrected chi connectivity index (χ1v) is 8.35. The molecule has 0 unspecified atom stereocenters. The van der Waals surface area contributed by atoms with Gasteiger partial charge in [0.05, 0.1) is 16.1 Å². The van der Waals surface area contributed by atoms with Crippen LogP contribution < -0.4 is 0 Å². The average molecular weight is 356 g/mol. The van der Waals surface area contributed by atoms with Crippen LogP contribution in [0.5, 0.6) is 0 Å². The zero-order valence-electron chi connectivity index (χ0n) is 13.1. The predicted molar refractivity (Wildman–Crippen MR) is 86.9 cm³/mol. The van der Waals surface area contributed by atoms with Crippen LogP contribution in [-0.2, 0) is 17.8 Å². The van der Waals surface area contributed by atoms with Crippen molar-refractivity contribution in [1.29, 1.82) is 0 Å². The van der Waals surface area contributed by atoms with E-state index in [2.05, 4.69) is 25.2 Å². The molecule has 0 spiro atoms. The van der Waals surface area contributed by atoms with Gasteiger partial charge in [-0.25, -0.2) is 14.3 Å². The highest BCUT2D eigenvalue weighted by Crippen LogP contribution is 2.21. The van der Waals surface area contributed by atoms with Gasteiger partial charge in [-0.15, -0.1) is 11.3 Å². The number of hydrogen-bond acceptors (Lipinski definition) is 9. The van der Waals surface area contributed by atoms with Gasteiger partial charge in [0, 0.05) is 6.20 Å². The Morgan fingerprint density at radius 3 is 3.12 bits per heavy atom. The minimum atomic E-state index is -0.530. The number of aryl methyl sites for hydroxylation is 1. The summed E-state index contributed by atoms with van der Waals surface area (Å²) in [5.74, 6) is 0.606. The number of nitrogens with zero attached hydrogens (tertiary/aromatic N) is 6. The molecule has 0 aliphatic heterocycles. The van der Waals surface area contributed by atoms with Gasteiger partial charge in [-0.3, -0.25) is 0 Å². The number of fused-ring (bicyclic) bond motifs is 1. The Kier molecular flexibility index (Phi) is 3.94. The normalized spacial score (nSPS) is 11.1. The highest BCUT2D eigenvalue weighted by molar-refractivity contribution is 7.13. The molecule has 0 aliphatic rings. The molecule has 0 fully saturated rings. The van der Waals surface area contributed by atoms with E-state index in [1.807, 2.05) is 24.4 Å². The van der Waals surface area contributed by atoms with Crippen molar-refractivity contribution >= 4 is 23.1 Å². The number of carbonyl (C=O) groups is 1. The summed E-state index contributed by atoms with van der Waals surface area (Å²) in [5, 5.41) is 9.88. The summed E-state index contributed by atoms with van der Waals surface area (Å²) in [6, 6.07) is 3.79. The van der Waals surface area contributed by atoms with Crippen LogP contribution in [0.1, 0.15) is 28.9 Å². The molecule has 25 heavy (non-hydrogen) atoms. The summed E-state index contributed by atoms with van der Waals surface area (Å²) in [6.07, 6.45) is 3.41. The first kappa shape index (κ1) is 15.4. The average Bonchev–Trinajstić information content (AvgIpc) is 3.39. The van der Waals surface area contributed by atoms with E-state index in [4.69, 9.17) is 9.26 Å². The maximum Gasteiger partial charge on any atom is 0.342 e. The fourth-order valence-corrected chi connectivity index (χ4v) is 3.01. The number of ether oxygens (including phenoxy) is 1. The van der Waals surface area contributed by atoms with Crippen LogP contribution in [-0.4, -0.2) is 35.7 Å². The van der Waals surface area contributed by atoms with Crippen LogP contribution in [0.3, 0.4) is 0 Å². The zero-order chi connectivity index (χ0) is 17.2. The Morgan fingerprint density at radius 2 is 2.32 bits per heavy atom. The molecule has 0 saturated carbocycles. The largest absolute Gasteiger partial charge is 0.452 e. The van der Waals surface area contributed by atoms with E-state index >= 15 is 0 Å². The highest BCUT2D eigenvalue weighted by Gasteiger charge is 2.18. The molecular formula is C15H12N6O3S. The lowest BCUT2D eigenvalue weighted by atomic mass is 10.2. The topological polar surface area (TPSA) is 108 Å². The Balaban J connectivity index is 1.51. The van der Waals surface area contributed by atoms with Crippen molar-refractivity contribution in [3.8, 4) is 10.7 Å². The summed E-state index contributed by atoms with van der Waals surface area (Å²) in [4.78, 5) is 25.6. The van der Waals surface area contributed by atoms with Crippen LogP contribution >= 0.6 is 11.3 Å². The molecule has 0 atom stereocenters. The molecule has 0 N–H and O–H groups in total. The van der Waals surface area contributed by atoms with E-state index in [-0.39, 0.29) is 12.5 Å². The molecule has 0 radical (unpaired) electrons. The Morgan fingerprint density at radius 1 is 1.40 bits per heavy atom. The number of hydrogen-bond donors (Lipinski definition) is 0. The van der Waals surface area contributed by atoms with Crippen LogP contribution in [0.2, 0.25) is 0 Å². The van der Waals surface area contributed by atoms with E-state index < -0.39 is 5.97 Å². The number of esters is 1. The molecule has 4 aromatic rings. The first-order valence-electron chi connectivity index (χ1n) is 7.47. The molecule has 4 rings (SSSR count). The summed E-state index contributed by atoms with van der Waals surface area (Å²) in [7, 11) is 0. The Labute approximate surface area is 145 Å². The summed E-state index contributed by atoms with van der Waals surface area (Å²) < 4.78 is 11.9. The molecule has 4 heterocycles. The minimum Gasteiger partial charge on any atom is -0.452 e. The molecule has 0 amide bonds. The third-order valence-corrected chi connectivity index (χ3v) is 4.36. The lowest BCUT2D eigenvalue weighted by molar-refractivity contribution is 0.0427. The predicted octanol–water partition coefficient (Wildman–Crippen LogP) is 2.16. The van der Waals surface area contributed by atoms with Gasteiger partial charge in [-0.1, -0.05) is 18.1 Å². The fraction of sp³-hybridized carbons (Fsp3) is 0.200. The van der Waals surface area contributed by atoms with E-state index in [0.717, 1.165) is 4.88 Å². The van der Waals surface area contributed by atoms with Crippen molar-refractivity contribution in [2.45, 2.75) is 20.0 Å².